The van der Waals surface area contributed by atoms with Crippen molar-refractivity contribution >= 4 is 10.0 Å². The third-order valence-corrected chi connectivity index (χ3v) is 3.79. The van der Waals surface area contributed by atoms with Gasteiger partial charge in [-0.15, -0.1) is 0 Å². The van der Waals surface area contributed by atoms with Crippen LogP contribution in [0.1, 0.15) is 11.5 Å². The highest BCUT2D eigenvalue weighted by atomic mass is 32.2. The lowest BCUT2D eigenvalue weighted by atomic mass is 9.91. The quantitative estimate of drug-likeness (QED) is 0.759. The Morgan fingerprint density at radius 3 is 2.94 bits per heavy atom. The van der Waals surface area contributed by atoms with Crippen molar-refractivity contribution in [1.82, 2.24) is 10.3 Å². The summed E-state index contributed by atoms with van der Waals surface area (Å²) in [5.41, 5.74) is 1.07. The molecule has 2 unspecified atom stereocenters. The minimum atomic E-state index is -3.41. The monoisotopic (exact) mass is 241 g/mol. The molecule has 5 nitrogen and oxygen atoms in total. The van der Waals surface area contributed by atoms with Gasteiger partial charge in [0, 0.05) is 24.9 Å². The SMILES string of the molecule is NS(=O)(=O)CC1CNCC1c1cccnc1. The molecular weight excluding hydrogens is 226 g/mol. The van der Waals surface area contributed by atoms with Crippen LogP contribution in [0.25, 0.3) is 0 Å². The molecule has 1 fully saturated rings. The van der Waals surface area contributed by atoms with Crippen molar-refractivity contribution in [2.45, 2.75) is 5.92 Å². The maximum atomic E-state index is 11.1. The van der Waals surface area contributed by atoms with Gasteiger partial charge in [-0.25, -0.2) is 13.6 Å². The van der Waals surface area contributed by atoms with Gasteiger partial charge in [0.05, 0.1) is 5.75 Å². The fraction of sp³-hybridized carbons (Fsp3) is 0.500. The van der Waals surface area contributed by atoms with E-state index in [1.807, 2.05) is 12.1 Å². The van der Waals surface area contributed by atoms with Gasteiger partial charge in [0.15, 0.2) is 0 Å². The highest BCUT2D eigenvalue weighted by Gasteiger charge is 2.31. The van der Waals surface area contributed by atoms with Crippen molar-refractivity contribution in [2.75, 3.05) is 18.8 Å². The van der Waals surface area contributed by atoms with Crippen molar-refractivity contribution in [2.24, 2.45) is 11.1 Å². The van der Waals surface area contributed by atoms with Crippen LogP contribution in [0.5, 0.6) is 0 Å². The van der Waals surface area contributed by atoms with Crippen LogP contribution < -0.4 is 10.5 Å². The van der Waals surface area contributed by atoms with E-state index < -0.39 is 10.0 Å². The Hall–Kier alpha value is -0.980. The van der Waals surface area contributed by atoms with Gasteiger partial charge in [0.2, 0.25) is 10.0 Å². The number of sulfonamides is 1. The second-order valence-corrected chi connectivity index (χ2v) is 5.80. The van der Waals surface area contributed by atoms with E-state index in [0.29, 0.717) is 6.54 Å². The van der Waals surface area contributed by atoms with Crippen molar-refractivity contribution in [1.29, 1.82) is 0 Å². The normalized spacial score (nSPS) is 25.8. The Kier molecular flexibility index (Phi) is 3.22. The molecule has 2 heterocycles. The minimum absolute atomic E-state index is 0.0273. The smallest absolute Gasteiger partial charge is 0.209 e. The molecule has 1 aromatic rings. The Morgan fingerprint density at radius 1 is 1.50 bits per heavy atom. The molecule has 0 radical (unpaired) electrons. The average molecular weight is 241 g/mol. The van der Waals surface area contributed by atoms with Crippen LogP contribution in [0.4, 0.5) is 0 Å². The van der Waals surface area contributed by atoms with E-state index in [-0.39, 0.29) is 17.6 Å². The zero-order valence-corrected chi connectivity index (χ0v) is 9.65. The molecule has 0 amide bonds. The van der Waals surface area contributed by atoms with E-state index in [1.54, 1.807) is 12.4 Å². The molecule has 1 saturated heterocycles. The van der Waals surface area contributed by atoms with Gasteiger partial charge < -0.3 is 5.32 Å². The molecule has 1 aliphatic rings. The number of hydrogen-bond donors (Lipinski definition) is 2. The van der Waals surface area contributed by atoms with E-state index in [2.05, 4.69) is 10.3 Å². The minimum Gasteiger partial charge on any atom is -0.316 e. The summed E-state index contributed by atoms with van der Waals surface area (Å²) in [4.78, 5) is 4.05. The number of nitrogens with two attached hydrogens (primary N) is 1. The molecular formula is C10H15N3O2S. The average Bonchev–Trinajstić information content (AvgIpc) is 2.64. The van der Waals surface area contributed by atoms with E-state index in [4.69, 9.17) is 5.14 Å². The summed E-state index contributed by atoms with van der Waals surface area (Å²) in [6, 6.07) is 3.84. The molecule has 16 heavy (non-hydrogen) atoms. The van der Waals surface area contributed by atoms with E-state index >= 15 is 0 Å². The third-order valence-electron chi connectivity index (χ3n) is 2.90. The summed E-state index contributed by atoms with van der Waals surface area (Å²) in [5.74, 6) is 0.255. The molecule has 0 spiro atoms. The lowest BCUT2D eigenvalue weighted by Gasteiger charge is -2.17. The van der Waals surface area contributed by atoms with E-state index in [1.165, 1.54) is 0 Å². The summed E-state index contributed by atoms with van der Waals surface area (Å²) >= 11 is 0. The topological polar surface area (TPSA) is 85.1 Å². The second-order valence-electron chi connectivity index (χ2n) is 4.14. The summed E-state index contributed by atoms with van der Waals surface area (Å²) in [5, 5.41) is 8.28. The number of hydrogen-bond acceptors (Lipinski definition) is 4. The molecule has 2 rings (SSSR count). The van der Waals surface area contributed by atoms with Crippen LogP contribution in [0.2, 0.25) is 0 Å². The lowest BCUT2D eigenvalue weighted by molar-refractivity contribution is 0.542. The van der Waals surface area contributed by atoms with Gasteiger partial charge in [-0.05, 0) is 24.1 Å². The molecule has 88 valence electrons. The van der Waals surface area contributed by atoms with Crippen LogP contribution in [0.15, 0.2) is 24.5 Å². The molecule has 2 atom stereocenters. The van der Waals surface area contributed by atoms with Gasteiger partial charge >= 0.3 is 0 Å². The fourth-order valence-electron chi connectivity index (χ4n) is 2.19. The molecule has 0 aliphatic carbocycles. The number of nitrogens with one attached hydrogen (secondary N) is 1. The molecule has 0 bridgehead atoms. The highest BCUT2D eigenvalue weighted by Crippen LogP contribution is 2.28. The molecule has 1 aliphatic heterocycles. The maximum absolute atomic E-state index is 11.1. The van der Waals surface area contributed by atoms with Gasteiger partial charge in [-0.3, -0.25) is 4.98 Å². The maximum Gasteiger partial charge on any atom is 0.209 e. The van der Waals surface area contributed by atoms with Crippen LogP contribution in [-0.2, 0) is 10.0 Å². The van der Waals surface area contributed by atoms with Crippen molar-refractivity contribution in [3.8, 4) is 0 Å². The number of aromatic nitrogens is 1. The first kappa shape index (κ1) is 11.5. The zero-order valence-electron chi connectivity index (χ0n) is 8.83. The number of pyridine rings is 1. The van der Waals surface area contributed by atoms with Crippen molar-refractivity contribution < 1.29 is 8.42 Å². The first-order valence-corrected chi connectivity index (χ1v) is 6.89. The molecule has 0 saturated carbocycles. The Morgan fingerprint density at radius 2 is 2.31 bits per heavy atom. The highest BCUT2D eigenvalue weighted by molar-refractivity contribution is 7.89. The van der Waals surface area contributed by atoms with Gasteiger partial charge in [0.25, 0.3) is 0 Å². The largest absolute Gasteiger partial charge is 0.316 e. The predicted octanol–water partition coefficient (Wildman–Crippen LogP) is -0.327. The van der Waals surface area contributed by atoms with Crippen LogP contribution in [0, 0.1) is 5.92 Å². The second kappa shape index (κ2) is 4.48. The molecule has 3 N–H and O–H groups in total. The predicted molar refractivity (Wildman–Crippen MR) is 61.3 cm³/mol. The Balaban J connectivity index is 2.16. The number of primary sulfonamides is 1. The van der Waals surface area contributed by atoms with Crippen molar-refractivity contribution in [3.63, 3.8) is 0 Å². The van der Waals surface area contributed by atoms with Crippen LogP contribution in [-0.4, -0.2) is 32.2 Å². The van der Waals surface area contributed by atoms with E-state index in [0.717, 1.165) is 12.1 Å². The summed E-state index contributed by atoms with van der Waals surface area (Å²) < 4.78 is 22.2. The Labute approximate surface area is 95.1 Å². The van der Waals surface area contributed by atoms with E-state index in [9.17, 15) is 8.42 Å². The Bertz CT molecular complexity index is 446. The van der Waals surface area contributed by atoms with Gasteiger partial charge in [-0.1, -0.05) is 6.07 Å². The van der Waals surface area contributed by atoms with Crippen LogP contribution in [0.3, 0.4) is 0 Å². The number of nitrogens with zero attached hydrogens (tertiary/aromatic N) is 1. The zero-order chi connectivity index (χ0) is 11.6. The first-order chi connectivity index (χ1) is 7.56. The van der Waals surface area contributed by atoms with Crippen molar-refractivity contribution in [3.05, 3.63) is 30.1 Å². The molecule has 6 heteroatoms. The summed E-state index contributed by atoms with van der Waals surface area (Å²) in [7, 11) is -3.41. The number of rotatable bonds is 3. The lowest BCUT2D eigenvalue weighted by Crippen LogP contribution is -2.27. The first-order valence-electron chi connectivity index (χ1n) is 5.17. The third kappa shape index (κ3) is 2.78. The standard InChI is InChI=1S/C10H15N3O2S/c11-16(14,15)7-9-5-13-6-10(9)8-2-1-3-12-4-8/h1-4,9-10,13H,5-7H2,(H2,11,14,15). The van der Waals surface area contributed by atoms with Crippen LogP contribution >= 0.6 is 0 Å². The summed E-state index contributed by atoms with van der Waals surface area (Å²) in [6.45, 7) is 1.47. The van der Waals surface area contributed by atoms with Gasteiger partial charge in [-0.2, -0.15) is 0 Å². The fourth-order valence-corrected chi connectivity index (χ4v) is 3.14. The summed E-state index contributed by atoms with van der Waals surface area (Å²) in [6.07, 6.45) is 3.49. The van der Waals surface area contributed by atoms with Gasteiger partial charge in [0.1, 0.15) is 0 Å². The molecule has 0 aromatic carbocycles. The molecule has 1 aromatic heterocycles.